The Hall–Kier alpha value is -8.20. The molecular formula is C60H41NO. The molecule has 0 spiro atoms. The number of furan rings is 1. The van der Waals surface area contributed by atoms with Gasteiger partial charge in [-0.3, -0.25) is 0 Å². The number of rotatable bonds is 9. The Morgan fingerprint density at radius 1 is 0.290 bits per heavy atom. The lowest BCUT2D eigenvalue weighted by Gasteiger charge is -2.28. The first-order chi connectivity index (χ1) is 30.7. The Morgan fingerprint density at radius 2 is 0.774 bits per heavy atom. The largest absolute Gasteiger partial charge is 0.455 e. The van der Waals surface area contributed by atoms with Crippen LogP contribution in [0, 0.1) is 0 Å². The van der Waals surface area contributed by atoms with Crippen LogP contribution in [0.2, 0.25) is 0 Å². The molecule has 1 aromatic heterocycles. The van der Waals surface area contributed by atoms with Gasteiger partial charge in [0.05, 0.1) is 5.69 Å². The Labute approximate surface area is 362 Å². The Kier molecular flexibility index (Phi) is 9.57. The molecule has 0 radical (unpaired) electrons. The van der Waals surface area contributed by atoms with Crippen molar-refractivity contribution in [2.24, 2.45) is 0 Å². The first-order valence-electron chi connectivity index (χ1n) is 21.2. The molecule has 0 saturated heterocycles. The SMILES string of the molecule is c1ccc(-c2ccccc2N(c2ccc(-c3cccc(-c4oc5ccccc5c4-c4ccccc4)c3)cc2)c2ccc(-c3cccc(-c4cccc5ccccc45)c3)cc2)cc1. The van der Waals surface area contributed by atoms with Gasteiger partial charge in [-0.15, -0.1) is 0 Å². The molecular weight excluding hydrogens is 751 g/mol. The fraction of sp³-hybridized carbons (Fsp3) is 0. The summed E-state index contributed by atoms with van der Waals surface area (Å²) in [6, 6.07) is 88.9. The lowest BCUT2D eigenvalue weighted by atomic mass is 9.95. The zero-order valence-electron chi connectivity index (χ0n) is 34.0. The van der Waals surface area contributed by atoms with Crippen molar-refractivity contribution in [3.8, 4) is 67.0 Å². The standard InChI is InChI=1S/C60H41NO/c1-3-16-45(17-4-1)55-27-9-11-30-57(55)61(51-36-32-42(33-37-51)47-22-13-24-49(40-47)54-29-15-21-44-18-7-8-26-53(44)54)52-38-34-43(35-39-52)48-23-14-25-50(41-48)60-59(46-19-5-2-6-20-46)56-28-10-12-31-58(56)62-60/h1-41H. The molecule has 10 aromatic carbocycles. The van der Waals surface area contributed by atoms with Gasteiger partial charge in [0.15, 0.2) is 0 Å². The monoisotopic (exact) mass is 791 g/mol. The molecule has 11 aromatic rings. The van der Waals surface area contributed by atoms with Crippen molar-refractivity contribution >= 4 is 38.8 Å². The van der Waals surface area contributed by atoms with Crippen molar-refractivity contribution < 1.29 is 4.42 Å². The Bertz CT molecular complexity index is 3320. The van der Waals surface area contributed by atoms with Crippen LogP contribution in [-0.2, 0) is 0 Å². The molecule has 11 rings (SSSR count). The quantitative estimate of drug-likeness (QED) is 0.145. The molecule has 0 aliphatic rings. The van der Waals surface area contributed by atoms with Crippen LogP contribution in [0.5, 0.6) is 0 Å². The zero-order chi connectivity index (χ0) is 41.2. The number of para-hydroxylation sites is 2. The van der Waals surface area contributed by atoms with E-state index in [9.17, 15) is 0 Å². The number of nitrogens with zero attached hydrogens (tertiary/aromatic N) is 1. The summed E-state index contributed by atoms with van der Waals surface area (Å²) in [7, 11) is 0. The number of anilines is 3. The minimum Gasteiger partial charge on any atom is -0.455 e. The summed E-state index contributed by atoms with van der Waals surface area (Å²) in [5.41, 5.74) is 16.8. The Balaban J connectivity index is 0.968. The fourth-order valence-corrected chi connectivity index (χ4v) is 8.89. The zero-order valence-corrected chi connectivity index (χ0v) is 34.0. The van der Waals surface area contributed by atoms with Crippen LogP contribution in [0.4, 0.5) is 17.1 Å². The van der Waals surface area contributed by atoms with Crippen molar-refractivity contribution in [3.05, 3.63) is 249 Å². The molecule has 0 atom stereocenters. The van der Waals surface area contributed by atoms with Crippen LogP contribution in [-0.4, -0.2) is 0 Å². The average molecular weight is 792 g/mol. The normalized spacial score (nSPS) is 11.2. The van der Waals surface area contributed by atoms with Crippen molar-refractivity contribution in [3.63, 3.8) is 0 Å². The van der Waals surface area contributed by atoms with E-state index in [0.717, 1.165) is 67.2 Å². The Morgan fingerprint density at radius 3 is 1.48 bits per heavy atom. The van der Waals surface area contributed by atoms with Gasteiger partial charge in [-0.1, -0.05) is 200 Å². The maximum absolute atomic E-state index is 6.60. The number of hydrogen-bond donors (Lipinski definition) is 0. The summed E-state index contributed by atoms with van der Waals surface area (Å²) in [4.78, 5) is 2.37. The topological polar surface area (TPSA) is 16.4 Å². The molecule has 62 heavy (non-hydrogen) atoms. The van der Waals surface area contributed by atoms with Gasteiger partial charge in [-0.2, -0.15) is 0 Å². The third-order valence-electron chi connectivity index (χ3n) is 11.9. The predicted octanol–water partition coefficient (Wildman–Crippen LogP) is 17.1. The highest BCUT2D eigenvalue weighted by Crippen LogP contribution is 2.44. The third kappa shape index (κ3) is 6.94. The molecule has 0 unspecified atom stereocenters. The van der Waals surface area contributed by atoms with Crippen LogP contribution in [0.1, 0.15) is 0 Å². The van der Waals surface area contributed by atoms with E-state index in [1.807, 2.05) is 12.1 Å². The summed E-state index contributed by atoms with van der Waals surface area (Å²) in [5, 5.41) is 3.62. The molecule has 0 aliphatic carbocycles. The van der Waals surface area contributed by atoms with Crippen LogP contribution in [0.15, 0.2) is 253 Å². The molecule has 0 fully saturated rings. The van der Waals surface area contributed by atoms with Crippen LogP contribution < -0.4 is 4.90 Å². The highest BCUT2D eigenvalue weighted by molar-refractivity contribution is 6.02. The highest BCUT2D eigenvalue weighted by atomic mass is 16.3. The second-order valence-electron chi connectivity index (χ2n) is 15.7. The van der Waals surface area contributed by atoms with Crippen LogP contribution in [0.3, 0.4) is 0 Å². The highest BCUT2D eigenvalue weighted by Gasteiger charge is 2.20. The molecule has 0 N–H and O–H groups in total. The van der Waals surface area contributed by atoms with Crippen molar-refractivity contribution in [1.82, 2.24) is 0 Å². The van der Waals surface area contributed by atoms with Gasteiger partial charge < -0.3 is 9.32 Å². The van der Waals surface area contributed by atoms with Gasteiger partial charge >= 0.3 is 0 Å². The molecule has 2 nitrogen and oxygen atoms in total. The third-order valence-corrected chi connectivity index (χ3v) is 11.9. The smallest absolute Gasteiger partial charge is 0.143 e. The van der Waals surface area contributed by atoms with E-state index in [4.69, 9.17) is 4.42 Å². The van der Waals surface area contributed by atoms with E-state index in [0.29, 0.717) is 0 Å². The van der Waals surface area contributed by atoms with E-state index in [1.54, 1.807) is 0 Å². The fourth-order valence-electron chi connectivity index (χ4n) is 8.89. The number of fused-ring (bicyclic) bond motifs is 2. The maximum atomic E-state index is 6.60. The van der Waals surface area contributed by atoms with Gasteiger partial charge in [0, 0.05) is 33.5 Å². The predicted molar refractivity (Wildman–Crippen MR) is 261 cm³/mol. The van der Waals surface area contributed by atoms with Gasteiger partial charge in [-0.25, -0.2) is 0 Å². The van der Waals surface area contributed by atoms with Crippen molar-refractivity contribution in [1.29, 1.82) is 0 Å². The summed E-state index contributed by atoms with van der Waals surface area (Å²) in [6.45, 7) is 0. The second kappa shape index (κ2) is 16.1. The molecule has 0 saturated carbocycles. The summed E-state index contributed by atoms with van der Waals surface area (Å²) in [6.07, 6.45) is 0. The van der Waals surface area contributed by atoms with E-state index in [1.165, 1.54) is 38.6 Å². The molecule has 2 heteroatoms. The number of hydrogen-bond acceptors (Lipinski definition) is 2. The molecule has 0 amide bonds. The lowest BCUT2D eigenvalue weighted by molar-refractivity contribution is 0.632. The van der Waals surface area contributed by atoms with Crippen molar-refractivity contribution in [2.45, 2.75) is 0 Å². The maximum Gasteiger partial charge on any atom is 0.143 e. The average Bonchev–Trinajstić information content (AvgIpc) is 3.75. The van der Waals surface area contributed by atoms with Gasteiger partial charge in [0.25, 0.3) is 0 Å². The van der Waals surface area contributed by atoms with Crippen LogP contribution >= 0.6 is 0 Å². The van der Waals surface area contributed by atoms with Gasteiger partial charge in [0.2, 0.25) is 0 Å². The van der Waals surface area contributed by atoms with E-state index in [-0.39, 0.29) is 0 Å². The lowest BCUT2D eigenvalue weighted by Crippen LogP contribution is -2.11. The summed E-state index contributed by atoms with van der Waals surface area (Å²) >= 11 is 0. The van der Waals surface area contributed by atoms with E-state index in [2.05, 4.69) is 241 Å². The number of benzene rings is 10. The van der Waals surface area contributed by atoms with Gasteiger partial charge in [0.1, 0.15) is 11.3 Å². The first kappa shape index (κ1) is 36.8. The molecule has 292 valence electrons. The van der Waals surface area contributed by atoms with Crippen LogP contribution in [0.25, 0.3) is 88.7 Å². The van der Waals surface area contributed by atoms with E-state index < -0.39 is 0 Å². The second-order valence-corrected chi connectivity index (χ2v) is 15.7. The molecule has 0 aliphatic heterocycles. The summed E-state index contributed by atoms with van der Waals surface area (Å²) < 4.78 is 6.60. The summed E-state index contributed by atoms with van der Waals surface area (Å²) in [5.74, 6) is 0.878. The van der Waals surface area contributed by atoms with Gasteiger partial charge in [-0.05, 0) is 104 Å². The van der Waals surface area contributed by atoms with E-state index >= 15 is 0 Å². The first-order valence-corrected chi connectivity index (χ1v) is 21.2. The molecule has 0 bridgehead atoms. The molecule has 1 heterocycles. The minimum atomic E-state index is 0.878. The van der Waals surface area contributed by atoms with Crippen molar-refractivity contribution in [2.75, 3.05) is 4.90 Å². The minimum absolute atomic E-state index is 0.878.